The van der Waals surface area contributed by atoms with Crippen molar-refractivity contribution < 1.29 is 0 Å². The molecule has 7 heteroatoms. The van der Waals surface area contributed by atoms with Crippen molar-refractivity contribution in [2.45, 2.75) is 46.3 Å². The van der Waals surface area contributed by atoms with Crippen molar-refractivity contribution in [2.24, 2.45) is 0 Å². The van der Waals surface area contributed by atoms with Crippen LogP contribution in [-0.2, 0) is 19.6 Å². The van der Waals surface area contributed by atoms with Crippen LogP contribution in [0.15, 0.2) is 17.8 Å². The number of rotatable bonds is 7. The Hall–Kier alpha value is -1.37. The number of imidazole rings is 1. The zero-order valence-corrected chi connectivity index (χ0v) is 14.4. The smallest absolute Gasteiger partial charge is 0.193 e. The lowest BCUT2D eigenvalue weighted by Crippen LogP contribution is -2.13. The van der Waals surface area contributed by atoms with E-state index in [4.69, 9.17) is 11.6 Å². The second-order valence-corrected chi connectivity index (χ2v) is 6.59. The Balaban J connectivity index is 1.61. The molecule has 0 unspecified atom stereocenters. The number of hydrogen-bond acceptors (Lipinski definition) is 4. The molecule has 0 saturated carbocycles. The largest absolute Gasteiger partial charge is 0.307 e. The summed E-state index contributed by atoms with van der Waals surface area (Å²) in [5.41, 5.74) is 3.12. The Bertz CT molecular complexity index is 729. The molecule has 0 aromatic carbocycles. The Morgan fingerprint density at radius 3 is 3.00 bits per heavy atom. The molecule has 0 radical (unpaired) electrons. The van der Waals surface area contributed by atoms with E-state index in [9.17, 15) is 0 Å². The van der Waals surface area contributed by atoms with E-state index in [1.807, 2.05) is 27.6 Å². The average Bonchev–Trinajstić information content (AvgIpc) is 3.14. The van der Waals surface area contributed by atoms with E-state index in [-0.39, 0.29) is 0 Å². The lowest BCUT2D eigenvalue weighted by atomic mass is 10.2. The van der Waals surface area contributed by atoms with Crippen LogP contribution in [0.1, 0.15) is 36.7 Å². The molecule has 0 atom stereocenters. The molecule has 3 rings (SSSR count). The highest BCUT2D eigenvalue weighted by Gasteiger charge is 2.13. The van der Waals surface area contributed by atoms with Crippen LogP contribution in [-0.4, -0.2) is 19.2 Å². The summed E-state index contributed by atoms with van der Waals surface area (Å²) >= 11 is 8.08. The van der Waals surface area contributed by atoms with E-state index in [1.54, 1.807) is 11.3 Å². The molecule has 0 fully saturated rings. The number of aromatic nitrogens is 4. The monoisotopic (exact) mass is 337 g/mol. The van der Waals surface area contributed by atoms with Gasteiger partial charge < -0.3 is 5.32 Å². The standard InChI is InChI=1S/C15H20ClN5S/c1-3-4-5-21-14(16)13(11(2)19-21)9-17-8-12-10-20-6-7-22-15(20)18-12/h6-7,10,17H,3-5,8-9H2,1-2H3. The molecule has 22 heavy (non-hydrogen) atoms. The van der Waals surface area contributed by atoms with Crippen molar-refractivity contribution in [2.75, 3.05) is 0 Å². The molecule has 3 aromatic rings. The summed E-state index contributed by atoms with van der Waals surface area (Å²) in [7, 11) is 0. The number of hydrogen-bond donors (Lipinski definition) is 1. The first kappa shape index (κ1) is 15.5. The Kier molecular flexibility index (Phi) is 4.81. The van der Waals surface area contributed by atoms with Gasteiger partial charge in [-0.05, 0) is 13.3 Å². The number of fused-ring (bicyclic) bond motifs is 1. The van der Waals surface area contributed by atoms with Gasteiger partial charge in [0, 0.05) is 43.0 Å². The van der Waals surface area contributed by atoms with Crippen LogP contribution in [0, 0.1) is 6.92 Å². The summed E-state index contributed by atoms with van der Waals surface area (Å²) in [5.74, 6) is 0. The van der Waals surface area contributed by atoms with E-state index < -0.39 is 0 Å². The number of aryl methyl sites for hydroxylation is 2. The fourth-order valence-electron chi connectivity index (χ4n) is 2.42. The van der Waals surface area contributed by atoms with Gasteiger partial charge in [0.25, 0.3) is 0 Å². The van der Waals surface area contributed by atoms with Crippen LogP contribution in [0.3, 0.4) is 0 Å². The topological polar surface area (TPSA) is 47.2 Å². The SMILES string of the molecule is CCCCn1nc(C)c(CNCc2cn3ccsc3n2)c1Cl. The zero-order valence-electron chi connectivity index (χ0n) is 12.8. The first-order valence-corrected chi connectivity index (χ1v) is 8.78. The highest BCUT2D eigenvalue weighted by Crippen LogP contribution is 2.20. The van der Waals surface area contributed by atoms with Crippen molar-refractivity contribution in [1.29, 1.82) is 0 Å². The predicted octanol–water partition coefficient (Wildman–Crippen LogP) is 3.64. The lowest BCUT2D eigenvalue weighted by molar-refractivity contribution is 0.568. The number of unbranched alkanes of at least 4 members (excludes halogenated alkanes) is 1. The minimum absolute atomic E-state index is 0.710. The molecule has 0 aliphatic rings. The van der Waals surface area contributed by atoms with Crippen molar-refractivity contribution in [3.63, 3.8) is 0 Å². The molecule has 0 spiro atoms. The Morgan fingerprint density at radius 2 is 2.23 bits per heavy atom. The molecule has 3 heterocycles. The summed E-state index contributed by atoms with van der Waals surface area (Å²) in [5, 5.41) is 10.7. The van der Waals surface area contributed by atoms with Crippen molar-refractivity contribution in [3.05, 3.63) is 39.9 Å². The van der Waals surface area contributed by atoms with E-state index in [0.29, 0.717) is 6.54 Å². The summed E-state index contributed by atoms with van der Waals surface area (Å²) in [6.45, 7) is 6.50. The lowest BCUT2D eigenvalue weighted by Gasteiger charge is -2.04. The van der Waals surface area contributed by atoms with E-state index in [1.165, 1.54) is 0 Å². The fourth-order valence-corrected chi connectivity index (χ4v) is 3.47. The van der Waals surface area contributed by atoms with Gasteiger partial charge >= 0.3 is 0 Å². The third-order valence-electron chi connectivity index (χ3n) is 3.66. The third-order valence-corrected chi connectivity index (χ3v) is 4.85. The maximum Gasteiger partial charge on any atom is 0.193 e. The molecule has 0 saturated heterocycles. The van der Waals surface area contributed by atoms with E-state index in [0.717, 1.165) is 53.0 Å². The third kappa shape index (κ3) is 3.19. The minimum Gasteiger partial charge on any atom is -0.307 e. The first-order valence-electron chi connectivity index (χ1n) is 7.52. The van der Waals surface area contributed by atoms with Gasteiger partial charge in [-0.3, -0.25) is 9.08 Å². The first-order chi connectivity index (χ1) is 10.7. The van der Waals surface area contributed by atoms with Crippen molar-refractivity contribution >= 4 is 27.9 Å². The fraction of sp³-hybridized carbons (Fsp3) is 0.467. The molecule has 118 valence electrons. The van der Waals surface area contributed by atoms with E-state index >= 15 is 0 Å². The van der Waals surface area contributed by atoms with E-state index in [2.05, 4.69) is 28.5 Å². The average molecular weight is 338 g/mol. The molecular weight excluding hydrogens is 318 g/mol. The van der Waals surface area contributed by atoms with Crippen LogP contribution < -0.4 is 5.32 Å². The molecule has 0 amide bonds. The Morgan fingerprint density at radius 1 is 1.36 bits per heavy atom. The quantitative estimate of drug-likeness (QED) is 0.716. The van der Waals surface area contributed by atoms with Crippen LogP contribution in [0.2, 0.25) is 5.15 Å². The maximum atomic E-state index is 6.44. The highest BCUT2D eigenvalue weighted by molar-refractivity contribution is 7.15. The van der Waals surface area contributed by atoms with Gasteiger partial charge in [-0.15, -0.1) is 11.3 Å². The number of thiazole rings is 1. The maximum absolute atomic E-state index is 6.44. The molecular formula is C15H20ClN5S. The van der Waals surface area contributed by atoms with Gasteiger partial charge in [0.15, 0.2) is 4.96 Å². The van der Waals surface area contributed by atoms with Gasteiger partial charge in [-0.2, -0.15) is 5.10 Å². The van der Waals surface area contributed by atoms with Crippen LogP contribution in [0.25, 0.3) is 4.96 Å². The number of nitrogens with zero attached hydrogens (tertiary/aromatic N) is 4. The molecule has 0 aliphatic carbocycles. The van der Waals surface area contributed by atoms with Gasteiger partial charge in [0.2, 0.25) is 0 Å². The second-order valence-electron chi connectivity index (χ2n) is 5.36. The number of halogens is 1. The molecule has 1 N–H and O–H groups in total. The molecule has 0 bridgehead atoms. The van der Waals surface area contributed by atoms with Crippen LogP contribution in [0.5, 0.6) is 0 Å². The highest BCUT2D eigenvalue weighted by atomic mass is 35.5. The van der Waals surface area contributed by atoms with Crippen LogP contribution >= 0.6 is 22.9 Å². The Labute approximate surface area is 138 Å². The minimum atomic E-state index is 0.710. The van der Waals surface area contributed by atoms with Gasteiger partial charge in [0.05, 0.1) is 11.4 Å². The summed E-state index contributed by atoms with van der Waals surface area (Å²) in [4.78, 5) is 5.59. The summed E-state index contributed by atoms with van der Waals surface area (Å²) < 4.78 is 3.95. The van der Waals surface area contributed by atoms with Gasteiger partial charge in [0.1, 0.15) is 5.15 Å². The van der Waals surface area contributed by atoms with Crippen molar-refractivity contribution in [3.8, 4) is 0 Å². The van der Waals surface area contributed by atoms with Gasteiger partial charge in [-0.1, -0.05) is 24.9 Å². The van der Waals surface area contributed by atoms with Crippen LogP contribution in [0.4, 0.5) is 0 Å². The zero-order chi connectivity index (χ0) is 15.5. The molecule has 0 aliphatic heterocycles. The normalized spacial score (nSPS) is 11.6. The molecule has 3 aromatic heterocycles. The number of nitrogens with one attached hydrogen (secondary N) is 1. The van der Waals surface area contributed by atoms with Crippen molar-refractivity contribution in [1.82, 2.24) is 24.5 Å². The molecule has 5 nitrogen and oxygen atoms in total. The predicted molar refractivity (Wildman–Crippen MR) is 90.5 cm³/mol. The summed E-state index contributed by atoms with van der Waals surface area (Å²) in [6, 6.07) is 0. The second kappa shape index (κ2) is 6.81. The summed E-state index contributed by atoms with van der Waals surface area (Å²) in [6.07, 6.45) is 6.31. The van der Waals surface area contributed by atoms with Gasteiger partial charge in [-0.25, -0.2) is 4.98 Å².